The standard InChI is InChI=1S/4C17H30NSi.Ti/c4*1-15(2)16(3,18-14-10-7-8-11-14)12-9-13-17(15,4)19(5)6;/h4*7-8,10-11,14,19H,9,12-13H2,1-6H3;/q4*-1;+4. The zero-order valence-corrected chi connectivity index (χ0v) is 60.8. The van der Waals surface area contributed by atoms with E-state index in [0.29, 0.717) is 66.0 Å². The van der Waals surface area contributed by atoms with E-state index in [1.807, 2.05) is 0 Å². The van der Waals surface area contributed by atoms with Crippen LogP contribution >= 0.6 is 0 Å². The van der Waals surface area contributed by atoms with Crippen LogP contribution in [-0.2, 0) is 21.7 Å². The Kier molecular flexibility index (Phi) is 23.0. The minimum Gasteiger partial charge on any atom is -0.647 e. The van der Waals surface area contributed by atoms with E-state index in [4.69, 9.17) is 21.3 Å². The molecule has 4 saturated carbocycles. The Hall–Kier alpha value is -0.658. The number of nitrogens with zero attached hydrogens (tertiary/aromatic N) is 4. The first-order valence-corrected chi connectivity index (χ1v) is 42.7. The summed E-state index contributed by atoms with van der Waals surface area (Å²) in [6.45, 7) is 59.7. The van der Waals surface area contributed by atoms with Crippen molar-refractivity contribution in [3.8, 4) is 0 Å². The van der Waals surface area contributed by atoms with E-state index < -0.39 is 35.2 Å². The summed E-state index contributed by atoms with van der Waals surface area (Å²) in [6, 6.07) is 1.22. The first-order chi connectivity index (χ1) is 34.9. The molecule has 0 aromatic heterocycles. The topological polar surface area (TPSA) is 56.4 Å². The van der Waals surface area contributed by atoms with Crippen LogP contribution in [-0.4, -0.2) is 81.5 Å². The molecule has 0 amide bonds. The molecule has 4 fully saturated rings. The summed E-state index contributed by atoms with van der Waals surface area (Å²) in [6.07, 6.45) is 50.7. The zero-order chi connectivity index (χ0) is 57.2. The average Bonchev–Trinajstić information content (AvgIpc) is 4.19. The Morgan fingerprint density at radius 3 is 0.532 bits per heavy atom. The molecule has 8 unspecified atom stereocenters. The zero-order valence-electron chi connectivity index (χ0n) is 54.6. The van der Waals surface area contributed by atoms with Crippen LogP contribution in [0.3, 0.4) is 0 Å². The molecule has 0 radical (unpaired) electrons. The Labute approximate surface area is 500 Å². The summed E-state index contributed by atoms with van der Waals surface area (Å²) < 4.78 is 0. The van der Waals surface area contributed by atoms with E-state index in [-0.39, 0.29) is 43.9 Å². The fourth-order valence-corrected chi connectivity index (χ4v) is 26.6. The van der Waals surface area contributed by atoms with E-state index in [2.05, 4.69) is 260 Å². The third-order valence-electron chi connectivity index (χ3n) is 26.3. The summed E-state index contributed by atoms with van der Waals surface area (Å²) in [5, 5.41) is 23.0. The van der Waals surface area contributed by atoms with Gasteiger partial charge in [-0.15, -0.1) is 22.2 Å². The number of allylic oxidation sites excluding steroid dienone is 8. The first kappa shape index (κ1) is 68.8. The molecular weight excluding hydrogens is 1030 g/mol. The Bertz CT molecular complexity index is 1850. The molecule has 0 heterocycles. The van der Waals surface area contributed by atoms with Crippen LogP contribution in [0.25, 0.3) is 21.3 Å². The van der Waals surface area contributed by atoms with Gasteiger partial charge in [0.05, 0.1) is 0 Å². The minimum absolute atomic E-state index is 0. The second-order valence-corrected chi connectivity index (χ2v) is 45.2. The Balaban J connectivity index is 0.000000221. The van der Waals surface area contributed by atoms with E-state index in [1.54, 1.807) is 0 Å². The molecule has 0 spiro atoms. The van der Waals surface area contributed by atoms with Gasteiger partial charge in [-0.1, -0.05) is 362 Å². The SMILES string of the molecule is C[SiH](C)C1(C)CCCC(C)([N-]C2C=CC=C2)C1(C)C.C[SiH](C)C1(C)CCCC(C)([N-]C2C=CC=C2)C1(C)C.C[SiH](C)C1(C)CCCC(C)([N-]C2C=CC=C2)C1(C)C.C[SiH](C)C1(C)CCCC(C)([N-]C2C=CC=C2)C1(C)C.[Ti+4]. The second-order valence-electron chi connectivity index (χ2n) is 30.9. The summed E-state index contributed by atoms with van der Waals surface area (Å²) in [5.41, 5.74) is 1.63. The fourth-order valence-electron chi connectivity index (χ4n) is 16.4. The predicted molar refractivity (Wildman–Crippen MR) is 355 cm³/mol. The molecule has 0 N–H and O–H groups in total. The van der Waals surface area contributed by atoms with Crippen molar-refractivity contribution in [1.29, 1.82) is 0 Å². The third-order valence-corrected chi connectivity index (χ3v) is 40.5. The molecule has 8 atom stereocenters. The quantitative estimate of drug-likeness (QED) is 0.175. The molecule has 8 aliphatic carbocycles. The molecule has 9 heteroatoms. The third kappa shape index (κ3) is 13.2. The molecule has 0 aromatic carbocycles. The van der Waals surface area contributed by atoms with E-state index >= 15 is 0 Å². The van der Waals surface area contributed by atoms with Gasteiger partial charge in [-0.3, -0.25) is 0 Å². The average molecular weight is 1150 g/mol. The second kappa shape index (κ2) is 25.7. The molecule has 8 rings (SSSR count). The largest absolute Gasteiger partial charge is 4.00 e. The summed E-state index contributed by atoms with van der Waals surface area (Å²) in [5.74, 6) is 0. The van der Waals surface area contributed by atoms with Crippen LogP contribution in [0.1, 0.15) is 188 Å². The van der Waals surface area contributed by atoms with Crippen LogP contribution in [0.5, 0.6) is 0 Å². The van der Waals surface area contributed by atoms with Gasteiger partial charge in [0.25, 0.3) is 0 Å². The molecule has 432 valence electrons. The van der Waals surface area contributed by atoms with Crippen molar-refractivity contribution in [1.82, 2.24) is 0 Å². The number of rotatable bonds is 12. The van der Waals surface area contributed by atoms with Crippen LogP contribution in [0, 0.1) is 21.7 Å². The Morgan fingerprint density at radius 2 is 0.403 bits per heavy atom. The van der Waals surface area contributed by atoms with Crippen molar-refractivity contribution in [2.45, 2.75) is 307 Å². The van der Waals surface area contributed by atoms with Crippen LogP contribution < -0.4 is 0 Å². The van der Waals surface area contributed by atoms with Crippen molar-refractivity contribution in [2.75, 3.05) is 0 Å². The summed E-state index contributed by atoms with van der Waals surface area (Å²) in [7, 11) is -2.87. The van der Waals surface area contributed by atoms with Crippen LogP contribution in [0.4, 0.5) is 0 Å². The van der Waals surface area contributed by atoms with Gasteiger partial charge in [0, 0.05) is 35.2 Å². The van der Waals surface area contributed by atoms with Crippen molar-refractivity contribution >= 4 is 35.2 Å². The van der Waals surface area contributed by atoms with Gasteiger partial charge in [0.15, 0.2) is 0 Å². The maximum atomic E-state index is 5.25. The molecule has 8 aliphatic rings. The predicted octanol–water partition coefficient (Wildman–Crippen LogP) is 20.3. The van der Waals surface area contributed by atoms with Gasteiger partial charge in [-0.05, 0) is 41.8 Å². The normalized spacial score (nSPS) is 37.8. The minimum atomic E-state index is -0.718. The van der Waals surface area contributed by atoms with E-state index in [0.717, 1.165) is 0 Å². The van der Waals surface area contributed by atoms with Crippen LogP contribution in [0.2, 0.25) is 72.5 Å². The maximum absolute atomic E-state index is 5.25. The summed E-state index contributed by atoms with van der Waals surface area (Å²) >= 11 is 0. The smallest absolute Gasteiger partial charge is 0.647 e. The van der Waals surface area contributed by atoms with Crippen molar-refractivity contribution in [3.05, 3.63) is 118 Å². The van der Waals surface area contributed by atoms with Crippen molar-refractivity contribution in [2.24, 2.45) is 21.7 Å². The number of hydrogen-bond donors (Lipinski definition) is 0. The maximum Gasteiger partial charge on any atom is 4.00 e. The van der Waals surface area contributed by atoms with Crippen molar-refractivity contribution in [3.63, 3.8) is 0 Å². The molecule has 0 aliphatic heterocycles. The van der Waals surface area contributed by atoms with Gasteiger partial charge in [-0.2, -0.15) is 0 Å². The van der Waals surface area contributed by atoms with Gasteiger partial charge < -0.3 is 21.3 Å². The van der Waals surface area contributed by atoms with E-state index in [9.17, 15) is 0 Å². The molecule has 0 saturated heterocycles. The van der Waals surface area contributed by atoms with E-state index in [1.165, 1.54) is 77.0 Å². The molecule has 77 heavy (non-hydrogen) atoms. The van der Waals surface area contributed by atoms with Gasteiger partial charge in [0.2, 0.25) is 0 Å². The van der Waals surface area contributed by atoms with Gasteiger partial charge in [0.1, 0.15) is 0 Å². The molecule has 0 aromatic rings. The van der Waals surface area contributed by atoms with Gasteiger partial charge in [-0.25, -0.2) is 0 Å². The van der Waals surface area contributed by atoms with Crippen molar-refractivity contribution < 1.29 is 21.7 Å². The monoisotopic (exact) mass is 1150 g/mol. The van der Waals surface area contributed by atoms with Crippen LogP contribution in [0.15, 0.2) is 97.2 Å². The Morgan fingerprint density at radius 1 is 0.260 bits per heavy atom. The fraction of sp³-hybridized carbons (Fsp3) is 0.765. The number of hydrogen-bond acceptors (Lipinski definition) is 0. The molecule has 0 bridgehead atoms. The molecular formula is C68H120N4Si4Ti. The molecule has 4 nitrogen and oxygen atoms in total. The first-order valence-electron chi connectivity index (χ1n) is 31.2. The summed E-state index contributed by atoms with van der Waals surface area (Å²) in [4.78, 5) is 0. The van der Waals surface area contributed by atoms with Gasteiger partial charge >= 0.3 is 21.7 Å².